The molecular formula is C14H15N3O4S2. The summed E-state index contributed by atoms with van der Waals surface area (Å²) in [5.74, 6) is 0. The van der Waals surface area contributed by atoms with Crippen LogP contribution in [0.25, 0.3) is 11.3 Å². The van der Waals surface area contributed by atoms with Gasteiger partial charge in [-0.1, -0.05) is 12.1 Å². The molecule has 1 aromatic heterocycles. The number of H-pyrrole nitrogens is 1. The number of aromatic nitrogens is 1. The van der Waals surface area contributed by atoms with E-state index in [-0.39, 0.29) is 12.1 Å². The monoisotopic (exact) mass is 353 g/mol. The van der Waals surface area contributed by atoms with Crippen molar-refractivity contribution >= 4 is 25.7 Å². The Morgan fingerprint density at radius 1 is 1.00 bits per heavy atom. The highest BCUT2D eigenvalue weighted by Gasteiger charge is 2.27. The maximum atomic E-state index is 11.7. The number of hydrogen-bond acceptors (Lipinski definition) is 5. The molecule has 1 heterocycles. The lowest BCUT2D eigenvalue weighted by molar-refractivity contribution is 0.590. The van der Waals surface area contributed by atoms with Crippen LogP contribution in [0.1, 0.15) is 5.69 Å². The first-order valence-electron chi connectivity index (χ1n) is 6.48. The van der Waals surface area contributed by atoms with Gasteiger partial charge in [-0.05, 0) is 29.8 Å². The minimum atomic E-state index is -3.95. The van der Waals surface area contributed by atoms with E-state index in [9.17, 15) is 16.8 Å². The summed E-state index contributed by atoms with van der Waals surface area (Å²) in [6.07, 6.45) is 1.93. The van der Waals surface area contributed by atoms with Crippen LogP contribution in [0.3, 0.4) is 0 Å². The van der Waals surface area contributed by atoms with E-state index >= 15 is 0 Å². The standard InChI is InChI=1S/C14H15N3O4S2/c1-22(18,19)17(23(2,20)21)13-6-3-11(4-7-13)14-8-5-12(16-14)9-10-15/h3-8,16H,9H2,1-2H3. The van der Waals surface area contributed by atoms with Gasteiger partial charge in [0.15, 0.2) is 0 Å². The summed E-state index contributed by atoms with van der Waals surface area (Å²) >= 11 is 0. The quantitative estimate of drug-likeness (QED) is 0.875. The van der Waals surface area contributed by atoms with Crippen molar-refractivity contribution in [1.29, 1.82) is 5.26 Å². The Bertz CT molecular complexity index is 920. The highest BCUT2D eigenvalue weighted by molar-refractivity contribution is 8.09. The van der Waals surface area contributed by atoms with Crippen molar-refractivity contribution in [2.24, 2.45) is 0 Å². The fourth-order valence-electron chi connectivity index (χ4n) is 2.19. The van der Waals surface area contributed by atoms with Gasteiger partial charge in [-0.2, -0.15) is 8.97 Å². The van der Waals surface area contributed by atoms with E-state index in [1.165, 1.54) is 12.1 Å². The molecule has 0 fully saturated rings. The molecule has 1 aromatic carbocycles. The van der Waals surface area contributed by atoms with E-state index in [4.69, 9.17) is 5.26 Å². The lowest BCUT2D eigenvalue weighted by atomic mass is 10.1. The van der Waals surface area contributed by atoms with Crippen molar-refractivity contribution in [3.63, 3.8) is 0 Å². The summed E-state index contributed by atoms with van der Waals surface area (Å²) in [7, 11) is -7.91. The third kappa shape index (κ3) is 3.91. The first kappa shape index (κ1) is 17.1. The Balaban J connectivity index is 2.40. The van der Waals surface area contributed by atoms with Crippen LogP contribution in [0.4, 0.5) is 5.69 Å². The van der Waals surface area contributed by atoms with Crippen molar-refractivity contribution in [3.8, 4) is 17.3 Å². The second-order valence-electron chi connectivity index (χ2n) is 5.00. The van der Waals surface area contributed by atoms with Crippen LogP contribution in [0.2, 0.25) is 0 Å². The highest BCUT2D eigenvalue weighted by Crippen LogP contribution is 2.25. The molecule has 2 rings (SSSR count). The molecule has 0 radical (unpaired) electrons. The van der Waals surface area contributed by atoms with Gasteiger partial charge in [0.1, 0.15) is 0 Å². The van der Waals surface area contributed by atoms with Crippen LogP contribution in [-0.2, 0) is 26.5 Å². The van der Waals surface area contributed by atoms with Crippen LogP contribution in [0.15, 0.2) is 36.4 Å². The summed E-state index contributed by atoms with van der Waals surface area (Å²) in [5.41, 5.74) is 2.31. The van der Waals surface area contributed by atoms with E-state index in [2.05, 4.69) is 4.98 Å². The number of benzene rings is 1. The summed E-state index contributed by atoms with van der Waals surface area (Å²) in [6.45, 7) is 0. The van der Waals surface area contributed by atoms with Gasteiger partial charge in [-0.25, -0.2) is 16.8 Å². The molecule has 0 unspecified atom stereocenters. The van der Waals surface area contributed by atoms with Gasteiger partial charge in [0.2, 0.25) is 20.0 Å². The number of nitriles is 1. The average Bonchev–Trinajstić information content (AvgIpc) is 2.85. The zero-order valence-corrected chi connectivity index (χ0v) is 14.1. The molecule has 0 aliphatic heterocycles. The lowest BCUT2D eigenvalue weighted by Gasteiger charge is -2.19. The molecule has 0 atom stereocenters. The van der Waals surface area contributed by atoms with E-state index in [0.29, 0.717) is 3.71 Å². The fourth-order valence-corrected chi connectivity index (χ4v) is 5.17. The van der Waals surface area contributed by atoms with Gasteiger partial charge in [-0.15, -0.1) is 0 Å². The van der Waals surface area contributed by atoms with E-state index in [1.54, 1.807) is 24.3 Å². The lowest BCUT2D eigenvalue weighted by Crippen LogP contribution is -2.35. The molecule has 7 nitrogen and oxygen atoms in total. The van der Waals surface area contributed by atoms with Crippen LogP contribution in [0, 0.1) is 11.3 Å². The van der Waals surface area contributed by atoms with E-state index in [1.807, 2.05) is 6.07 Å². The normalized spacial score (nSPS) is 11.9. The molecular weight excluding hydrogens is 338 g/mol. The maximum absolute atomic E-state index is 11.7. The molecule has 23 heavy (non-hydrogen) atoms. The van der Waals surface area contributed by atoms with Gasteiger partial charge in [0.05, 0.1) is 30.7 Å². The molecule has 2 aromatic rings. The first-order chi connectivity index (χ1) is 10.6. The Hall–Kier alpha value is -2.31. The summed E-state index contributed by atoms with van der Waals surface area (Å²) in [6, 6.07) is 11.7. The summed E-state index contributed by atoms with van der Waals surface area (Å²) in [5, 5.41) is 8.66. The molecule has 0 spiro atoms. The third-order valence-electron chi connectivity index (χ3n) is 3.01. The molecule has 0 saturated heterocycles. The van der Waals surface area contributed by atoms with Crippen molar-refractivity contribution in [3.05, 3.63) is 42.1 Å². The highest BCUT2D eigenvalue weighted by atomic mass is 32.3. The molecule has 9 heteroatoms. The number of hydrogen-bond donors (Lipinski definition) is 1. The average molecular weight is 353 g/mol. The number of anilines is 1. The Kier molecular flexibility index (Phi) is 4.49. The topological polar surface area (TPSA) is 111 Å². The maximum Gasteiger partial charge on any atom is 0.245 e. The molecule has 1 N–H and O–H groups in total. The Morgan fingerprint density at radius 3 is 2.04 bits per heavy atom. The SMILES string of the molecule is CS(=O)(=O)N(c1ccc(-c2ccc(CC#N)[nH]2)cc1)S(C)(=O)=O. The molecule has 0 aliphatic carbocycles. The minimum Gasteiger partial charge on any atom is -0.358 e. The minimum absolute atomic E-state index is 0.0440. The summed E-state index contributed by atoms with van der Waals surface area (Å²) in [4.78, 5) is 3.07. The van der Waals surface area contributed by atoms with Crippen LogP contribution < -0.4 is 3.71 Å². The van der Waals surface area contributed by atoms with Crippen LogP contribution in [0.5, 0.6) is 0 Å². The molecule has 0 amide bonds. The fraction of sp³-hybridized carbons (Fsp3) is 0.214. The van der Waals surface area contributed by atoms with E-state index in [0.717, 1.165) is 29.5 Å². The second kappa shape index (κ2) is 6.06. The Labute approximate surface area is 135 Å². The van der Waals surface area contributed by atoms with Gasteiger partial charge in [-0.3, -0.25) is 0 Å². The van der Waals surface area contributed by atoms with Crippen molar-refractivity contribution in [2.75, 3.05) is 16.2 Å². The third-order valence-corrected chi connectivity index (χ3v) is 6.26. The van der Waals surface area contributed by atoms with Crippen molar-refractivity contribution in [2.45, 2.75) is 6.42 Å². The molecule has 0 bridgehead atoms. The molecule has 122 valence electrons. The van der Waals surface area contributed by atoms with Crippen molar-refractivity contribution in [1.82, 2.24) is 4.98 Å². The zero-order valence-electron chi connectivity index (χ0n) is 12.5. The number of rotatable bonds is 5. The smallest absolute Gasteiger partial charge is 0.245 e. The molecule has 0 saturated carbocycles. The zero-order chi connectivity index (χ0) is 17.3. The molecule has 0 aliphatic rings. The first-order valence-corrected chi connectivity index (χ1v) is 10.2. The van der Waals surface area contributed by atoms with Gasteiger partial charge >= 0.3 is 0 Å². The van der Waals surface area contributed by atoms with Gasteiger partial charge in [0.25, 0.3) is 0 Å². The largest absolute Gasteiger partial charge is 0.358 e. The second-order valence-corrected chi connectivity index (χ2v) is 8.90. The number of nitrogens with zero attached hydrogens (tertiary/aromatic N) is 2. The van der Waals surface area contributed by atoms with E-state index < -0.39 is 20.0 Å². The van der Waals surface area contributed by atoms with Crippen molar-refractivity contribution < 1.29 is 16.8 Å². The van der Waals surface area contributed by atoms with Gasteiger partial charge in [0, 0.05) is 11.4 Å². The summed E-state index contributed by atoms with van der Waals surface area (Å²) < 4.78 is 47.3. The van der Waals surface area contributed by atoms with Gasteiger partial charge < -0.3 is 4.98 Å². The predicted molar refractivity (Wildman–Crippen MR) is 87.7 cm³/mol. The Morgan fingerprint density at radius 2 is 1.57 bits per heavy atom. The predicted octanol–water partition coefficient (Wildman–Crippen LogP) is 1.47. The van der Waals surface area contributed by atoms with Crippen LogP contribution in [-0.4, -0.2) is 34.3 Å². The number of sulfonamides is 2. The van der Waals surface area contributed by atoms with Crippen LogP contribution >= 0.6 is 0 Å². The number of nitrogens with one attached hydrogen (secondary N) is 1. The number of aromatic amines is 1.